The highest BCUT2D eigenvalue weighted by atomic mass is 16.5. The van der Waals surface area contributed by atoms with Crippen molar-refractivity contribution in [3.8, 4) is 17.2 Å². The Kier molecular flexibility index (Phi) is 6.21. The monoisotopic (exact) mass is 357 g/mol. The van der Waals surface area contributed by atoms with Crippen LogP contribution in [0.25, 0.3) is 6.08 Å². The Labute approximate surface area is 150 Å². The highest BCUT2D eigenvalue weighted by Crippen LogP contribution is 2.28. The highest BCUT2D eigenvalue weighted by Gasteiger charge is 2.15. The Morgan fingerprint density at radius 2 is 1.85 bits per heavy atom. The molecule has 2 aromatic carbocycles. The average molecular weight is 357 g/mol. The van der Waals surface area contributed by atoms with Crippen molar-refractivity contribution in [3.05, 3.63) is 53.6 Å². The molecule has 2 N–H and O–H groups in total. The van der Waals surface area contributed by atoms with Gasteiger partial charge in [-0.05, 0) is 30.3 Å². The maximum absolute atomic E-state index is 12.1. The Bertz CT molecular complexity index is 844. The largest absolute Gasteiger partial charge is 0.505 e. The number of aromatic hydroxyl groups is 1. The van der Waals surface area contributed by atoms with Crippen LogP contribution in [-0.4, -0.2) is 38.3 Å². The first-order valence-corrected chi connectivity index (χ1v) is 7.61. The summed E-state index contributed by atoms with van der Waals surface area (Å²) in [5.74, 6) is -0.364. The number of hydrogen-bond donors (Lipinski definition) is 2. The number of carbonyl (C=O) groups excluding carboxylic acids is 2. The molecule has 0 fully saturated rings. The summed E-state index contributed by atoms with van der Waals surface area (Å²) >= 11 is 0. The van der Waals surface area contributed by atoms with E-state index in [2.05, 4.69) is 10.1 Å². The third kappa shape index (κ3) is 4.32. The first-order valence-electron chi connectivity index (χ1n) is 7.61. The van der Waals surface area contributed by atoms with Crippen molar-refractivity contribution in [2.45, 2.75) is 0 Å². The maximum atomic E-state index is 12.1. The molecule has 0 bridgehead atoms. The molecular formula is C19H19NO6. The van der Waals surface area contributed by atoms with E-state index < -0.39 is 11.9 Å². The van der Waals surface area contributed by atoms with Crippen LogP contribution in [0.5, 0.6) is 17.2 Å². The molecule has 0 spiro atoms. The third-order valence-electron chi connectivity index (χ3n) is 3.55. The number of hydrogen-bond acceptors (Lipinski definition) is 6. The Morgan fingerprint density at radius 1 is 1.08 bits per heavy atom. The van der Waals surface area contributed by atoms with Crippen LogP contribution in [0.15, 0.2) is 42.5 Å². The molecule has 2 aromatic rings. The van der Waals surface area contributed by atoms with E-state index in [4.69, 9.17) is 9.47 Å². The molecule has 7 nitrogen and oxygen atoms in total. The van der Waals surface area contributed by atoms with Crippen LogP contribution in [-0.2, 0) is 9.53 Å². The summed E-state index contributed by atoms with van der Waals surface area (Å²) in [5.41, 5.74) is 0.742. The number of phenols is 1. The van der Waals surface area contributed by atoms with Crippen LogP contribution < -0.4 is 14.8 Å². The van der Waals surface area contributed by atoms with Crippen LogP contribution >= 0.6 is 0 Å². The highest BCUT2D eigenvalue weighted by molar-refractivity contribution is 6.04. The fourth-order valence-electron chi connectivity index (χ4n) is 2.22. The number of phenolic OH excluding ortho intramolecular Hbond substituents is 1. The van der Waals surface area contributed by atoms with Crippen molar-refractivity contribution in [2.24, 2.45) is 0 Å². The van der Waals surface area contributed by atoms with E-state index in [1.165, 1.54) is 38.5 Å². The molecule has 7 heteroatoms. The predicted molar refractivity (Wildman–Crippen MR) is 96.7 cm³/mol. The van der Waals surface area contributed by atoms with Crippen LogP contribution in [0.2, 0.25) is 0 Å². The summed E-state index contributed by atoms with van der Waals surface area (Å²) < 4.78 is 15.0. The third-order valence-corrected chi connectivity index (χ3v) is 3.55. The standard InChI is InChI=1S/C19H19NO6/c1-24-13-9-7-12(16(11-13)25-2)8-10-17(21)20-15-6-4-5-14(18(15)22)19(23)26-3/h4-11,22H,1-3H3,(H,20,21)/b10-8+. The normalized spacial score (nSPS) is 10.4. The van der Waals surface area contributed by atoms with Crippen molar-refractivity contribution in [3.63, 3.8) is 0 Å². The molecule has 2 rings (SSSR count). The van der Waals surface area contributed by atoms with Crippen molar-refractivity contribution in [2.75, 3.05) is 26.6 Å². The molecule has 0 radical (unpaired) electrons. The van der Waals surface area contributed by atoms with Crippen molar-refractivity contribution in [1.29, 1.82) is 0 Å². The molecule has 0 unspecified atom stereocenters. The minimum atomic E-state index is -0.697. The van der Waals surface area contributed by atoms with Crippen LogP contribution in [0.3, 0.4) is 0 Å². The first kappa shape index (κ1) is 18.9. The van der Waals surface area contributed by atoms with Gasteiger partial charge in [0, 0.05) is 17.7 Å². The molecule has 136 valence electrons. The van der Waals surface area contributed by atoms with Gasteiger partial charge in [-0.1, -0.05) is 6.07 Å². The van der Waals surface area contributed by atoms with Gasteiger partial charge >= 0.3 is 5.97 Å². The fraction of sp³-hybridized carbons (Fsp3) is 0.158. The summed E-state index contributed by atoms with van der Waals surface area (Å²) in [6, 6.07) is 9.58. The summed E-state index contributed by atoms with van der Waals surface area (Å²) in [6.07, 6.45) is 2.85. The van der Waals surface area contributed by atoms with Crippen molar-refractivity contribution < 1.29 is 28.9 Å². The van der Waals surface area contributed by atoms with Gasteiger partial charge in [0.15, 0.2) is 5.75 Å². The number of anilines is 1. The Morgan fingerprint density at radius 3 is 2.50 bits per heavy atom. The van der Waals surface area contributed by atoms with Gasteiger partial charge in [0.1, 0.15) is 17.1 Å². The van der Waals surface area contributed by atoms with E-state index in [0.29, 0.717) is 17.1 Å². The second-order valence-corrected chi connectivity index (χ2v) is 5.12. The van der Waals surface area contributed by atoms with Crippen LogP contribution in [0.1, 0.15) is 15.9 Å². The lowest BCUT2D eigenvalue weighted by atomic mass is 10.1. The van der Waals surface area contributed by atoms with Crippen LogP contribution in [0.4, 0.5) is 5.69 Å². The van der Waals surface area contributed by atoms with Gasteiger partial charge in [-0.3, -0.25) is 4.79 Å². The summed E-state index contributed by atoms with van der Waals surface area (Å²) in [4.78, 5) is 23.7. The summed E-state index contributed by atoms with van der Waals surface area (Å²) in [6.45, 7) is 0. The molecular weight excluding hydrogens is 338 g/mol. The van der Waals surface area contributed by atoms with Gasteiger partial charge in [0.25, 0.3) is 0 Å². The molecule has 0 atom stereocenters. The molecule has 0 saturated carbocycles. The molecule has 26 heavy (non-hydrogen) atoms. The van der Waals surface area contributed by atoms with E-state index in [1.54, 1.807) is 31.4 Å². The van der Waals surface area contributed by atoms with Gasteiger partial charge in [-0.25, -0.2) is 4.79 Å². The lowest BCUT2D eigenvalue weighted by Crippen LogP contribution is -2.10. The Hall–Kier alpha value is -3.48. The summed E-state index contributed by atoms with van der Waals surface area (Å²) in [5, 5.41) is 12.6. The number of esters is 1. The zero-order valence-corrected chi connectivity index (χ0v) is 14.6. The quantitative estimate of drug-likeness (QED) is 0.469. The molecule has 0 aliphatic rings. The number of benzene rings is 2. The van der Waals surface area contributed by atoms with Gasteiger partial charge in [0.05, 0.1) is 27.0 Å². The van der Waals surface area contributed by atoms with Gasteiger partial charge < -0.3 is 24.6 Å². The number of amides is 1. The van der Waals surface area contributed by atoms with Gasteiger partial charge in [-0.2, -0.15) is 0 Å². The molecule has 0 saturated heterocycles. The molecule has 1 amide bonds. The maximum Gasteiger partial charge on any atom is 0.341 e. The number of nitrogens with one attached hydrogen (secondary N) is 1. The second-order valence-electron chi connectivity index (χ2n) is 5.12. The van der Waals surface area contributed by atoms with E-state index in [0.717, 1.165) is 0 Å². The minimum absolute atomic E-state index is 0.0360. The topological polar surface area (TPSA) is 94.1 Å². The number of para-hydroxylation sites is 1. The zero-order chi connectivity index (χ0) is 19.1. The van der Waals surface area contributed by atoms with Gasteiger partial charge in [-0.15, -0.1) is 0 Å². The lowest BCUT2D eigenvalue weighted by Gasteiger charge is -2.09. The SMILES string of the molecule is COC(=O)c1cccc(NC(=O)/C=C/c2ccc(OC)cc2OC)c1O. The molecule has 0 aliphatic carbocycles. The fourth-order valence-corrected chi connectivity index (χ4v) is 2.22. The second kappa shape index (κ2) is 8.57. The number of ether oxygens (including phenoxy) is 3. The smallest absolute Gasteiger partial charge is 0.341 e. The van der Waals surface area contributed by atoms with E-state index in [1.807, 2.05) is 0 Å². The van der Waals surface area contributed by atoms with E-state index in [-0.39, 0.29) is 17.0 Å². The zero-order valence-electron chi connectivity index (χ0n) is 14.6. The van der Waals surface area contributed by atoms with E-state index >= 15 is 0 Å². The summed E-state index contributed by atoms with van der Waals surface area (Å²) in [7, 11) is 4.27. The van der Waals surface area contributed by atoms with Crippen molar-refractivity contribution >= 4 is 23.6 Å². The lowest BCUT2D eigenvalue weighted by molar-refractivity contribution is -0.111. The number of carbonyl (C=O) groups is 2. The Balaban J connectivity index is 2.17. The molecule has 0 aliphatic heterocycles. The predicted octanol–water partition coefficient (Wildman–Crippen LogP) is 2.85. The van der Waals surface area contributed by atoms with Crippen molar-refractivity contribution in [1.82, 2.24) is 0 Å². The van der Waals surface area contributed by atoms with E-state index in [9.17, 15) is 14.7 Å². The number of methoxy groups -OCH3 is 3. The first-order chi connectivity index (χ1) is 12.5. The molecule has 0 heterocycles. The minimum Gasteiger partial charge on any atom is -0.505 e. The number of rotatable bonds is 6. The average Bonchev–Trinajstić information content (AvgIpc) is 2.67. The van der Waals surface area contributed by atoms with Gasteiger partial charge in [0.2, 0.25) is 5.91 Å². The molecule has 0 aromatic heterocycles. The van der Waals surface area contributed by atoms with Crippen LogP contribution in [0, 0.1) is 0 Å².